The summed E-state index contributed by atoms with van der Waals surface area (Å²) in [6.07, 6.45) is 0. The third kappa shape index (κ3) is 3.95. The van der Waals surface area contributed by atoms with Crippen molar-refractivity contribution in [2.75, 3.05) is 5.43 Å². The van der Waals surface area contributed by atoms with E-state index in [-0.39, 0.29) is 7.43 Å². The highest BCUT2D eigenvalue weighted by molar-refractivity contribution is 8.01. The minimum Gasteiger partial charge on any atom is -0.415 e. The summed E-state index contributed by atoms with van der Waals surface area (Å²) in [6.45, 7) is 0. The van der Waals surface area contributed by atoms with Crippen molar-refractivity contribution in [2.45, 2.75) is 7.43 Å². The number of benzene rings is 4. The van der Waals surface area contributed by atoms with Gasteiger partial charge in [0.2, 0.25) is 5.89 Å². The van der Waals surface area contributed by atoms with Gasteiger partial charge in [-0.1, -0.05) is 80.2 Å². The molecule has 0 spiro atoms. The molecule has 0 aliphatic rings. The normalized spacial score (nSPS) is 10.9. The second-order valence-electron chi connectivity index (χ2n) is 7.36. The molecule has 33 heavy (non-hydrogen) atoms. The van der Waals surface area contributed by atoms with Crippen molar-refractivity contribution in [2.24, 2.45) is 5.84 Å². The van der Waals surface area contributed by atoms with Gasteiger partial charge in [0, 0.05) is 5.56 Å². The first-order valence-corrected chi connectivity index (χ1v) is 12.2. The molecule has 0 bridgehead atoms. The number of nitrogens with two attached hydrogens (primary N) is 1. The maximum absolute atomic E-state index is 6.20. The Balaban J connectivity index is 0.00000259. The van der Waals surface area contributed by atoms with Gasteiger partial charge in [0.05, 0.1) is 0 Å². The highest BCUT2D eigenvalue weighted by Crippen LogP contribution is 2.55. The molecule has 0 aliphatic heterocycles. The van der Waals surface area contributed by atoms with E-state index in [0.29, 0.717) is 11.8 Å². The van der Waals surface area contributed by atoms with E-state index in [1.165, 1.54) is 15.9 Å². The Labute approximate surface area is 195 Å². The number of rotatable bonds is 6. The lowest BCUT2D eigenvalue weighted by molar-refractivity contribution is 0.587. The fraction of sp³-hybridized carbons (Fsp3) is 0.0357. The fourth-order valence-electron chi connectivity index (χ4n) is 4.11. The number of hydrogen-bond acceptors (Lipinski definition) is 4. The molecular weight excluding hydrogens is 425 g/mol. The van der Waals surface area contributed by atoms with Crippen molar-refractivity contribution < 1.29 is 4.42 Å². The molecule has 0 aliphatic carbocycles. The average Bonchev–Trinajstić information content (AvgIpc) is 3.32. The van der Waals surface area contributed by atoms with Crippen LogP contribution in [0.3, 0.4) is 0 Å². The van der Waals surface area contributed by atoms with E-state index in [4.69, 9.17) is 15.2 Å². The number of hydrazine groups is 1. The summed E-state index contributed by atoms with van der Waals surface area (Å²) in [7, 11) is -2.41. The monoisotopic (exact) mass is 452 g/mol. The van der Waals surface area contributed by atoms with Crippen molar-refractivity contribution >= 4 is 34.5 Å². The molecule has 1 heterocycles. The van der Waals surface area contributed by atoms with E-state index < -0.39 is 7.26 Å². The first-order chi connectivity index (χ1) is 15.8. The first kappa shape index (κ1) is 22.5. The molecule has 0 amide bonds. The predicted molar refractivity (Wildman–Crippen MR) is 141 cm³/mol. The first-order valence-electron chi connectivity index (χ1n) is 10.4. The zero-order valence-corrected chi connectivity index (χ0v) is 18.3. The van der Waals surface area contributed by atoms with E-state index >= 15 is 0 Å². The molecule has 0 unspecified atom stereocenters. The molecule has 164 valence electrons. The molecule has 0 radical (unpaired) electrons. The van der Waals surface area contributed by atoms with Crippen molar-refractivity contribution in [3.8, 4) is 11.5 Å². The second-order valence-corrected chi connectivity index (χ2v) is 10.7. The zero-order chi connectivity index (χ0) is 21.8. The molecule has 5 heteroatoms. The summed E-state index contributed by atoms with van der Waals surface area (Å²) in [4.78, 5) is 5.09. The number of hydrogen-bond donors (Lipinski definition) is 2. The zero-order valence-electron chi connectivity index (χ0n) is 17.4. The molecule has 0 atom stereocenters. The van der Waals surface area contributed by atoms with Gasteiger partial charge >= 0.3 is 0 Å². The van der Waals surface area contributed by atoms with E-state index in [9.17, 15) is 0 Å². The van der Waals surface area contributed by atoms with Gasteiger partial charge in [0.1, 0.15) is 15.9 Å². The maximum atomic E-state index is 6.20. The Morgan fingerprint density at radius 2 is 1.00 bits per heavy atom. The van der Waals surface area contributed by atoms with Crippen LogP contribution in [0.15, 0.2) is 126 Å². The molecule has 0 fully saturated rings. The van der Waals surface area contributed by atoms with E-state index in [1.807, 2.05) is 48.5 Å². The van der Waals surface area contributed by atoms with Gasteiger partial charge in [-0.3, -0.25) is 5.43 Å². The number of aromatic nitrogens is 1. The molecule has 5 aromatic rings. The minimum absolute atomic E-state index is 0. The van der Waals surface area contributed by atoms with Crippen LogP contribution >= 0.6 is 7.26 Å². The lowest BCUT2D eigenvalue weighted by Gasteiger charge is -2.25. The van der Waals surface area contributed by atoms with Gasteiger partial charge in [-0.25, -0.2) is 5.84 Å². The van der Waals surface area contributed by atoms with Crippen LogP contribution in [0.5, 0.6) is 0 Å². The van der Waals surface area contributed by atoms with Crippen LogP contribution in [0.2, 0.25) is 0 Å². The minimum atomic E-state index is -2.41. The maximum Gasteiger partial charge on any atom is 0.273 e. The molecule has 5 rings (SSSR count). The fourth-order valence-corrected chi connectivity index (χ4v) is 8.25. The lowest BCUT2D eigenvalue weighted by Crippen LogP contribution is -2.40. The van der Waals surface area contributed by atoms with Crippen LogP contribution in [0.25, 0.3) is 11.5 Å². The topological polar surface area (TPSA) is 64.1 Å². The van der Waals surface area contributed by atoms with Crippen molar-refractivity contribution in [3.63, 3.8) is 0 Å². The summed E-state index contributed by atoms with van der Waals surface area (Å²) in [5.74, 6) is 7.03. The molecule has 3 N–H and O–H groups in total. The van der Waals surface area contributed by atoms with Gasteiger partial charge in [-0.05, 0) is 48.5 Å². The van der Waals surface area contributed by atoms with Crippen molar-refractivity contribution in [1.29, 1.82) is 0 Å². The molecule has 1 aromatic heterocycles. The molecule has 4 aromatic carbocycles. The highest BCUT2D eigenvalue weighted by atomic mass is 31.2. The van der Waals surface area contributed by atoms with Crippen LogP contribution in [-0.4, -0.2) is 4.98 Å². The number of oxazole rings is 1. The molecule has 0 saturated heterocycles. The molecule has 0 saturated carbocycles. The predicted octanol–water partition coefficient (Wildman–Crippen LogP) is 4.88. The molecule has 4 nitrogen and oxygen atoms in total. The lowest BCUT2D eigenvalue weighted by atomic mass is 10.2. The number of nitrogens with one attached hydrogen (secondary N) is 1. The van der Waals surface area contributed by atoms with Crippen LogP contribution in [0.4, 0.5) is 5.88 Å². The van der Waals surface area contributed by atoms with E-state index in [2.05, 4.69) is 78.2 Å². The van der Waals surface area contributed by atoms with Gasteiger partial charge < -0.3 is 4.42 Å². The van der Waals surface area contributed by atoms with Gasteiger partial charge in [-0.15, -0.1) is 0 Å². The van der Waals surface area contributed by atoms with Crippen LogP contribution in [0, 0.1) is 0 Å². The molecular formula is C28H27N3OP+. The quantitative estimate of drug-likeness (QED) is 0.219. The number of nitrogens with zero attached hydrogens (tertiary/aromatic N) is 1. The van der Waals surface area contributed by atoms with Crippen LogP contribution in [-0.2, 0) is 0 Å². The van der Waals surface area contributed by atoms with Crippen LogP contribution < -0.4 is 32.6 Å². The Morgan fingerprint density at radius 1 is 0.606 bits per heavy atom. The number of nitrogen functional groups attached to an aromatic ring is 1. The second kappa shape index (κ2) is 9.83. The van der Waals surface area contributed by atoms with Gasteiger partial charge in [-0.2, -0.15) is 4.98 Å². The average molecular weight is 453 g/mol. The summed E-state index contributed by atoms with van der Waals surface area (Å²) >= 11 is 0. The Kier molecular flexibility index (Phi) is 6.69. The summed E-state index contributed by atoms with van der Waals surface area (Å²) in [5, 5.41) is 3.55. The Bertz CT molecular complexity index is 1190. The number of anilines is 1. The van der Waals surface area contributed by atoms with E-state index in [1.54, 1.807) is 0 Å². The van der Waals surface area contributed by atoms with Crippen molar-refractivity contribution in [3.05, 3.63) is 121 Å². The third-order valence-corrected chi connectivity index (χ3v) is 9.67. The Morgan fingerprint density at radius 3 is 1.39 bits per heavy atom. The standard InChI is InChI=1S/C27H23N3OP.CH4/c28-30-26-27(29-25(31-26)21-13-5-1-6-14-21)32(22-15-7-2-8-16-22,23-17-9-3-10-18-23)24-19-11-4-12-20-24;/h1-20,30H,28H2;1H4/q+1;. The Hall–Kier alpha value is -3.72. The highest BCUT2D eigenvalue weighted by Gasteiger charge is 2.53. The van der Waals surface area contributed by atoms with Gasteiger partial charge in [0.25, 0.3) is 11.3 Å². The SMILES string of the molecule is C.NNc1oc(-c2ccccc2)nc1[P+](c1ccccc1)(c1ccccc1)c1ccccc1. The smallest absolute Gasteiger partial charge is 0.273 e. The van der Waals surface area contributed by atoms with Crippen molar-refractivity contribution in [1.82, 2.24) is 4.98 Å². The van der Waals surface area contributed by atoms with Gasteiger partial charge in [0.15, 0.2) is 7.26 Å². The third-order valence-electron chi connectivity index (χ3n) is 5.51. The summed E-state index contributed by atoms with van der Waals surface area (Å²) in [5.41, 5.74) is 4.53. The summed E-state index contributed by atoms with van der Waals surface area (Å²) < 4.78 is 6.20. The summed E-state index contributed by atoms with van der Waals surface area (Å²) in [6, 6.07) is 41.5. The van der Waals surface area contributed by atoms with Crippen LogP contribution in [0.1, 0.15) is 7.43 Å². The van der Waals surface area contributed by atoms with E-state index in [0.717, 1.165) is 11.0 Å². The largest absolute Gasteiger partial charge is 0.415 e.